The molecule has 3 nitrogen and oxygen atoms in total. The molecule has 0 aliphatic heterocycles. The van der Waals surface area contributed by atoms with Crippen LogP contribution in [0.1, 0.15) is 12.8 Å². The highest BCUT2D eigenvalue weighted by Crippen LogP contribution is 2.39. The van der Waals surface area contributed by atoms with Gasteiger partial charge in [0.25, 0.3) is 0 Å². The minimum atomic E-state index is -4.40. The van der Waals surface area contributed by atoms with Crippen LogP contribution in [0.2, 0.25) is 0 Å². The molecule has 0 aromatic carbocycles. The summed E-state index contributed by atoms with van der Waals surface area (Å²) in [5.74, 6) is -2.66. The third kappa shape index (κ3) is 4.16. The quantitative estimate of drug-likeness (QED) is 0.316. The molecule has 0 fully saturated rings. The third-order valence-corrected chi connectivity index (χ3v) is 4.28. The summed E-state index contributed by atoms with van der Waals surface area (Å²) >= 11 is 11.9. The van der Waals surface area contributed by atoms with Crippen LogP contribution in [0, 0.1) is 5.92 Å². The monoisotopic (exact) mass is 371 g/mol. The van der Waals surface area contributed by atoms with Gasteiger partial charge in [-0.2, -0.15) is 18.2 Å². The maximum absolute atomic E-state index is 14.0. The number of rotatable bonds is 3. The molecule has 0 saturated heterocycles. The van der Waals surface area contributed by atoms with Crippen molar-refractivity contribution in [3.8, 4) is 0 Å². The zero-order chi connectivity index (χ0) is 17.2. The molecule has 0 amide bonds. The van der Waals surface area contributed by atoms with E-state index >= 15 is 0 Å². The number of nitrogens with zero attached hydrogens (tertiary/aromatic N) is 1. The highest BCUT2D eigenvalue weighted by molar-refractivity contribution is 6.32. The fourth-order valence-electron chi connectivity index (χ4n) is 2.30. The van der Waals surface area contributed by atoms with Crippen LogP contribution < -0.4 is 0 Å². The summed E-state index contributed by atoms with van der Waals surface area (Å²) in [5.41, 5.74) is 0. The van der Waals surface area contributed by atoms with Crippen LogP contribution in [0.15, 0.2) is 39.8 Å². The van der Waals surface area contributed by atoms with Crippen LogP contribution >= 0.6 is 23.2 Å². The number of allylic oxidation sites excluding steroid dienone is 3. The lowest BCUT2D eigenvalue weighted by atomic mass is 9.97. The molecule has 0 N–H and O–H groups in total. The standard InChI is InChI=1S/C14H11Cl2F4NO2/c15-9-5-10(21-6-22)12(17)11(16)13(9)23-8-3-1-2-7(4-8)14(18,19)20/h1,3-4,7,9-10,13H,2,5H2. The average molecular weight is 372 g/mol. The van der Waals surface area contributed by atoms with E-state index in [4.69, 9.17) is 27.9 Å². The number of ether oxygens (including phenoxy) is 1. The maximum atomic E-state index is 14.0. The average Bonchev–Trinajstić information content (AvgIpc) is 2.49. The Morgan fingerprint density at radius 2 is 2.09 bits per heavy atom. The minimum absolute atomic E-state index is 0.0801. The lowest BCUT2D eigenvalue weighted by Crippen LogP contribution is -2.34. The second-order valence-corrected chi connectivity index (χ2v) is 6.05. The van der Waals surface area contributed by atoms with Gasteiger partial charge in [-0.15, -0.1) is 11.6 Å². The summed E-state index contributed by atoms with van der Waals surface area (Å²) in [5, 5.41) is -1.27. The summed E-state index contributed by atoms with van der Waals surface area (Å²) in [4.78, 5) is 13.5. The summed E-state index contributed by atoms with van der Waals surface area (Å²) in [7, 11) is 0. The van der Waals surface area contributed by atoms with Gasteiger partial charge in [-0.1, -0.05) is 17.7 Å². The van der Waals surface area contributed by atoms with Crippen LogP contribution in [-0.4, -0.2) is 29.8 Å². The molecule has 23 heavy (non-hydrogen) atoms. The van der Waals surface area contributed by atoms with Crippen molar-refractivity contribution in [3.63, 3.8) is 0 Å². The normalized spacial score (nSPS) is 31.5. The Kier molecular flexibility index (Phi) is 5.55. The van der Waals surface area contributed by atoms with Crippen LogP contribution in [0.5, 0.6) is 0 Å². The molecule has 0 saturated carbocycles. The number of isocyanates is 1. The molecule has 4 unspecified atom stereocenters. The molecular formula is C14H11Cl2F4NO2. The molecule has 0 radical (unpaired) electrons. The van der Waals surface area contributed by atoms with Gasteiger partial charge in [0.05, 0.1) is 16.3 Å². The van der Waals surface area contributed by atoms with Gasteiger partial charge < -0.3 is 4.74 Å². The lowest BCUT2D eigenvalue weighted by molar-refractivity contribution is -0.161. The van der Waals surface area contributed by atoms with E-state index in [0.29, 0.717) is 0 Å². The third-order valence-electron chi connectivity index (χ3n) is 3.48. The second-order valence-electron chi connectivity index (χ2n) is 5.08. The van der Waals surface area contributed by atoms with Gasteiger partial charge in [0, 0.05) is 0 Å². The summed E-state index contributed by atoms with van der Waals surface area (Å²) < 4.78 is 57.6. The zero-order valence-corrected chi connectivity index (χ0v) is 13.0. The second kappa shape index (κ2) is 7.07. The Morgan fingerprint density at radius 3 is 2.70 bits per heavy atom. The fourth-order valence-corrected chi connectivity index (χ4v) is 3.03. The van der Waals surface area contributed by atoms with Crippen molar-refractivity contribution in [1.82, 2.24) is 0 Å². The SMILES string of the molecule is O=C=NC1CC(Cl)C(OC2=CC(C(F)(F)F)CC=C2)C(Cl)=C1F. The minimum Gasteiger partial charge on any atom is -0.483 e. The van der Waals surface area contributed by atoms with Gasteiger partial charge in [0.15, 0.2) is 6.10 Å². The van der Waals surface area contributed by atoms with E-state index in [9.17, 15) is 22.4 Å². The Bertz CT molecular complexity index is 608. The van der Waals surface area contributed by atoms with Crippen LogP contribution in [0.4, 0.5) is 17.6 Å². The molecule has 4 atom stereocenters. The Balaban J connectivity index is 2.21. The first-order chi connectivity index (χ1) is 10.7. The number of aliphatic imine (C=N–C) groups is 1. The van der Waals surface area contributed by atoms with Crippen molar-refractivity contribution >= 4 is 29.3 Å². The molecule has 2 aliphatic carbocycles. The number of hydrogen-bond acceptors (Lipinski definition) is 3. The smallest absolute Gasteiger partial charge is 0.395 e. The summed E-state index contributed by atoms with van der Waals surface area (Å²) in [6.07, 6.45) is -1.04. The molecule has 2 aliphatic rings. The van der Waals surface area contributed by atoms with Crippen molar-refractivity contribution in [2.45, 2.75) is 36.5 Å². The van der Waals surface area contributed by atoms with E-state index in [-0.39, 0.29) is 18.6 Å². The molecule has 0 aromatic heterocycles. The van der Waals surface area contributed by atoms with Crippen LogP contribution in [0.25, 0.3) is 0 Å². The van der Waals surface area contributed by atoms with Crippen molar-refractivity contribution in [3.05, 3.63) is 34.8 Å². The van der Waals surface area contributed by atoms with Gasteiger partial charge >= 0.3 is 6.18 Å². The largest absolute Gasteiger partial charge is 0.483 e. The van der Waals surface area contributed by atoms with Crippen molar-refractivity contribution in [2.75, 3.05) is 0 Å². The molecule has 2 rings (SSSR count). The first-order valence-electron chi connectivity index (χ1n) is 6.62. The molecule has 0 heterocycles. The topological polar surface area (TPSA) is 38.7 Å². The molecular weight excluding hydrogens is 361 g/mol. The zero-order valence-electron chi connectivity index (χ0n) is 11.5. The van der Waals surface area contributed by atoms with E-state index < -0.39 is 40.5 Å². The summed E-state index contributed by atoms with van der Waals surface area (Å²) in [6.45, 7) is 0. The van der Waals surface area contributed by atoms with E-state index in [1.807, 2.05) is 0 Å². The molecule has 0 spiro atoms. The van der Waals surface area contributed by atoms with E-state index in [2.05, 4.69) is 4.99 Å². The molecule has 9 heteroatoms. The van der Waals surface area contributed by atoms with Gasteiger partial charge in [-0.25, -0.2) is 9.18 Å². The van der Waals surface area contributed by atoms with Crippen LogP contribution in [0.3, 0.4) is 0 Å². The van der Waals surface area contributed by atoms with E-state index in [1.54, 1.807) is 0 Å². The van der Waals surface area contributed by atoms with E-state index in [0.717, 1.165) is 6.08 Å². The van der Waals surface area contributed by atoms with Crippen LogP contribution in [-0.2, 0) is 9.53 Å². The molecule has 0 aromatic rings. The summed E-state index contributed by atoms with van der Waals surface area (Å²) in [6, 6.07) is -1.15. The van der Waals surface area contributed by atoms with E-state index in [1.165, 1.54) is 18.2 Å². The predicted octanol–water partition coefficient (Wildman–Crippen LogP) is 4.53. The van der Waals surface area contributed by atoms with Crippen molar-refractivity contribution in [2.24, 2.45) is 10.9 Å². The maximum Gasteiger partial charge on any atom is 0.395 e. The predicted molar refractivity (Wildman–Crippen MR) is 76.4 cm³/mol. The number of alkyl halides is 4. The molecule has 0 bridgehead atoms. The van der Waals surface area contributed by atoms with Gasteiger partial charge in [-0.3, -0.25) is 0 Å². The first-order valence-corrected chi connectivity index (χ1v) is 7.43. The van der Waals surface area contributed by atoms with Gasteiger partial charge in [-0.05, 0) is 25.0 Å². The van der Waals surface area contributed by atoms with Gasteiger partial charge in [0.2, 0.25) is 6.08 Å². The Hall–Kier alpha value is -1.30. The molecule has 126 valence electrons. The number of hydrogen-bond donors (Lipinski definition) is 0. The highest BCUT2D eigenvalue weighted by atomic mass is 35.5. The Labute approximate surface area is 139 Å². The van der Waals surface area contributed by atoms with Gasteiger partial charge in [0.1, 0.15) is 17.6 Å². The lowest BCUT2D eigenvalue weighted by Gasteiger charge is -2.31. The Morgan fingerprint density at radius 1 is 1.39 bits per heavy atom. The first kappa shape index (κ1) is 18.0. The highest BCUT2D eigenvalue weighted by Gasteiger charge is 2.41. The van der Waals surface area contributed by atoms with Crippen molar-refractivity contribution < 1.29 is 27.1 Å². The number of carbonyl (C=O) groups excluding carboxylic acids is 1. The fraction of sp³-hybridized carbons (Fsp3) is 0.500. The number of halogens is 6. The van der Waals surface area contributed by atoms with Crippen molar-refractivity contribution in [1.29, 1.82) is 0 Å².